The Hall–Kier alpha value is -1.69. The van der Waals surface area contributed by atoms with Crippen LogP contribution in [0.25, 0.3) is 6.20 Å². The topological polar surface area (TPSA) is 77.2 Å². The zero-order valence-electron chi connectivity index (χ0n) is 11.3. The van der Waals surface area contributed by atoms with Crippen LogP contribution < -0.4 is 0 Å². The Labute approximate surface area is 112 Å². The van der Waals surface area contributed by atoms with Crippen LogP contribution in [0.5, 0.6) is 0 Å². The Kier molecular flexibility index (Phi) is 3.99. The highest BCUT2D eigenvalue weighted by Crippen LogP contribution is 2.35. The Balaban J connectivity index is 2.17. The largest absolute Gasteiger partial charge is 0.466 e. The van der Waals surface area contributed by atoms with E-state index in [4.69, 9.17) is 0 Å². The lowest BCUT2D eigenvalue weighted by atomic mass is 9.83. The van der Waals surface area contributed by atoms with Gasteiger partial charge in [0, 0.05) is 6.20 Å². The molecule has 0 aliphatic heterocycles. The molecule has 0 radical (unpaired) electrons. The summed E-state index contributed by atoms with van der Waals surface area (Å²) in [6, 6.07) is 0. The first-order valence-electron chi connectivity index (χ1n) is 6.46. The zero-order valence-corrected chi connectivity index (χ0v) is 11.3. The smallest absolute Gasteiger partial charge is 0.334 e. The van der Waals surface area contributed by atoms with E-state index in [-0.39, 0.29) is 0 Å². The number of rotatable bonds is 3. The van der Waals surface area contributed by atoms with E-state index in [9.17, 15) is 9.90 Å². The van der Waals surface area contributed by atoms with Gasteiger partial charge < -0.3 is 9.84 Å². The third-order valence-corrected chi connectivity index (χ3v) is 3.50. The minimum absolute atomic E-state index is 0.409. The molecule has 0 bridgehead atoms. The molecular formula is C13H19N3O3. The van der Waals surface area contributed by atoms with Crippen LogP contribution in [-0.4, -0.2) is 33.2 Å². The normalized spacial score (nSPS) is 19.2. The third-order valence-electron chi connectivity index (χ3n) is 3.50. The van der Waals surface area contributed by atoms with Crippen LogP contribution in [0.4, 0.5) is 0 Å². The highest BCUT2D eigenvalue weighted by molar-refractivity contribution is 5.90. The van der Waals surface area contributed by atoms with Gasteiger partial charge in [0.2, 0.25) is 0 Å². The predicted octanol–water partition coefficient (Wildman–Crippen LogP) is 1.46. The van der Waals surface area contributed by atoms with Crippen molar-refractivity contribution in [3.05, 3.63) is 17.5 Å². The molecule has 1 aromatic heterocycles. The van der Waals surface area contributed by atoms with Crippen molar-refractivity contribution in [3.63, 3.8) is 0 Å². The van der Waals surface area contributed by atoms with Crippen LogP contribution in [0.2, 0.25) is 0 Å². The van der Waals surface area contributed by atoms with E-state index in [1.807, 2.05) is 0 Å². The molecule has 1 aliphatic rings. The van der Waals surface area contributed by atoms with E-state index in [2.05, 4.69) is 15.0 Å². The van der Waals surface area contributed by atoms with Crippen molar-refractivity contribution in [1.82, 2.24) is 15.0 Å². The molecule has 104 valence electrons. The average molecular weight is 265 g/mol. The van der Waals surface area contributed by atoms with Gasteiger partial charge in [0.25, 0.3) is 0 Å². The summed E-state index contributed by atoms with van der Waals surface area (Å²) >= 11 is 0. The predicted molar refractivity (Wildman–Crippen MR) is 69.0 cm³/mol. The quantitative estimate of drug-likeness (QED) is 0.661. The second kappa shape index (κ2) is 5.52. The maximum atomic E-state index is 11.3. The van der Waals surface area contributed by atoms with Gasteiger partial charge >= 0.3 is 5.97 Å². The van der Waals surface area contributed by atoms with Crippen molar-refractivity contribution >= 4 is 12.2 Å². The fourth-order valence-electron chi connectivity index (χ4n) is 2.36. The first-order chi connectivity index (χ1) is 9.05. The summed E-state index contributed by atoms with van der Waals surface area (Å²) in [5, 5.41) is 18.4. The van der Waals surface area contributed by atoms with E-state index in [1.54, 1.807) is 13.1 Å². The molecule has 0 atom stereocenters. The lowest BCUT2D eigenvalue weighted by Gasteiger charge is -2.29. The lowest BCUT2D eigenvalue weighted by molar-refractivity contribution is -0.135. The van der Waals surface area contributed by atoms with Gasteiger partial charge in [0.15, 0.2) is 0 Å². The molecule has 1 saturated carbocycles. The SMILES string of the molecule is COC(=O)/C(C)=C/n1cc(C2(O)CCCCC2)nn1. The first kappa shape index (κ1) is 13.7. The van der Waals surface area contributed by atoms with E-state index >= 15 is 0 Å². The Morgan fingerprint density at radius 1 is 1.47 bits per heavy atom. The van der Waals surface area contributed by atoms with Crippen molar-refractivity contribution in [1.29, 1.82) is 0 Å². The van der Waals surface area contributed by atoms with Gasteiger partial charge in [0.05, 0.1) is 18.9 Å². The maximum Gasteiger partial charge on any atom is 0.334 e. The molecule has 1 aromatic rings. The molecule has 0 aromatic carbocycles. The molecule has 19 heavy (non-hydrogen) atoms. The average Bonchev–Trinajstić information content (AvgIpc) is 2.88. The number of hydrogen-bond donors (Lipinski definition) is 1. The van der Waals surface area contributed by atoms with Crippen molar-refractivity contribution in [2.24, 2.45) is 0 Å². The number of aliphatic hydroxyl groups is 1. The summed E-state index contributed by atoms with van der Waals surface area (Å²) in [5.41, 5.74) is 0.125. The van der Waals surface area contributed by atoms with Gasteiger partial charge in [-0.2, -0.15) is 0 Å². The number of carbonyl (C=O) groups is 1. The van der Waals surface area contributed by atoms with E-state index in [1.165, 1.54) is 18.0 Å². The number of ether oxygens (including phenoxy) is 1. The molecule has 1 fully saturated rings. The van der Waals surface area contributed by atoms with Crippen molar-refractivity contribution in [2.45, 2.75) is 44.6 Å². The zero-order chi connectivity index (χ0) is 13.9. The minimum atomic E-state index is -0.872. The van der Waals surface area contributed by atoms with Crippen LogP contribution in [0.3, 0.4) is 0 Å². The Morgan fingerprint density at radius 2 is 2.16 bits per heavy atom. The number of esters is 1. The molecule has 6 heteroatoms. The molecule has 1 aliphatic carbocycles. The highest BCUT2D eigenvalue weighted by Gasteiger charge is 2.33. The summed E-state index contributed by atoms with van der Waals surface area (Å²) in [5.74, 6) is -0.409. The molecule has 0 amide bonds. The summed E-state index contributed by atoms with van der Waals surface area (Å²) in [7, 11) is 1.33. The lowest BCUT2D eigenvalue weighted by Crippen LogP contribution is -2.28. The number of aromatic nitrogens is 3. The van der Waals surface area contributed by atoms with Gasteiger partial charge in [-0.1, -0.05) is 24.5 Å². The molecule has 0 unspecified atom stereocenters. The standard InChI is InChI=1S/C13H19N3O3/c1-10(12(17)19-2)8-16-9-11(14-15-16)13(18)6-4-3-5-7-13/h8-9,18H,3-7H2,1-2H3/b10-8+. The van der Waals surface area contributed by atoms with Crippen molar-refractivity contribution in [3.8, 4) is 0 Å². The Bertz CT molecular complexity index is 487. The fourth-order valence-corrected chi connectivity index (χ4v) is 2.36. The van der Waals surface area contributed by atoms with Crippen LogP contribution in [0.1, 0.15) is 44.7 Å². The fraction of sp³-hybridized carbons (Fsp3) is 0.615. The van der Waals surface area contributed by atoms with Gasteiger partial charge in [-0.25, -0.2) is 9.48 Å². The van der Waals surface area contributed by atoms with Crippen LogP contribution in [0, 0.1) is 0 Å². The highest BCUT2D eigenvalue weighted by atomic mass is 16.5. The molecule has 2 rings (SSSR count). The van der Waals surface area contributed by atoms with Gasteiger partial charge in [-0.15, -0.1) is 5.10 Å². The molecule has 1 N–H and O–H groups in total. The van der Waals surface area contributed by atoms with Gasteiger partial charge in [-0.05, 0) is 19.8 Å². The summed E-state index contributed by atoms with van der Waals surface area (Å²) in [4.78, 5) is 11.3. The van der Waals surface area contributed by atoms with Crippen molar-refractivity contribution in [2.75, 3.05) is 7.11 Å². The van der Waals surface area contributed by atoms with Crippen LogP contribution in [-0.2, 0) is 15.1 Å². The van der Waals surface area contributed by atoms with Crippen molar-refractivity contribution < 1.29 is 14.6 Å². The summed E-state index contributed by atoms with van der Waals surface area (Å²) in [6.45, 7) is 1.64. The number of nitrogens with zero attached hydrogens (tertiary/aromatic N) is 3. The van der Waals surface area contributed by atoms with E-state index in [0.29, 0.717) is 24.1 Å². The number of hydrogen-bond acceptors (Lipinski definition) is 5. The Morgan fingerprint density at radius 3 is 2.79 bits per heavy atom. The van der Waals surface area contributed by atoms with Crippen LogP contribution in [0.15, 0.2) is 11.8 Å². The van der Waals surface area contributed by atoms with E-state index < -0.39 is 11.6 Å². The van der Waals surface area contributed by atoms with E-state index in [0.717, 1.165) is 19.3 Å². The van der Waals surface area contributed by atoms with Gasteiger partial charge in [0.1, 0.15) is 11.3 Å². The first-order valence-corrected chi connectivity index (χ1v) is 6.46. The monoisotopic (exact) mass is 265 g/mol. The number of methoxy groups -OCH3 is 1. The molecular weight excluding hydrogens is 246 g/mol. The van der Waals surface area contributed by atoms with Gasteiger partial charge in [-0.3, -0.25) is 0 Å². The second-order valence-corrected chi connectivity index (χ2v) is 4.98. The molecule has 0 spiro atoms. The molecule has 6 nitrogen and oxygen atoms in total. The minimum Gasteiger partial charge on any atom is -0.466 e. The maximum absolute atomic E-state index is 11.3. The molecule has 1 heterocycles. The van der Waals surface area contributed by atoms with Crippen LogP contribution >= 0.6 is 0 Å². The summed E-state index contributed by atoms with van der Waals surface area (Å²) < 4.78 is 6.05. The number of carbonyl (C=O) groups excluding carboxylic acids is 1. The molecule has 0 saturated heterocycles. The third kappa shape index (κ3) is 3.01. The second-order valence-electron chi connectivity index (χ2n) is 4.98. The summed E-state index contributed by atoms with van der Waals surface area (Å²) in [6.07, 6.45) is 7.78.